The smallest absolute Gasteiger partial charge is 0.345 e. The number of carboxylic acid groups (broad SMARTS) is 1. The zero-order valence-electron chi connectivity index (χ0n) is 17.1. The molecule has 1 aromatic carbocycles. The van der Waals surface area contributed by atoms with Crippen molar-refractivity contribution in [1.29, 1.82) is 0 Å². The lowest BCUT2D eigenvalue weighted by molar-refractivity contribution is 0.0691. The minimum atomic E-state index is -1.45. The molecule has 1 saturated heterocycles. The van der Waals surface area contributed by atoms with E-state index < -0.39 is 22.8 Å². The standard InChI is InChI=1S/C22H23N3O5.ClH/c1-24-13(11-25-5-2-3-6-25)8-12-9-15-17(10-16(12)24)30-7-4-14-19(15)23-21(27)18(20(14)26)22(28)29;/h8-10H,2-7,11H2,1H3,(H,28,29)(H2,23,26,27);1H. The Kier molecular flexibility index (Phi) is 5.45. The summed E-state index contributed by atoms with van der Waals surface area (Å²) in [6, 6.07) is 6.04. The number of aromatic amines is 1. The highest BCUT2D eigenvalue weighted by Crippen LogP contribution is 2.40. The van der Waals surface area contributed by atoms with Crippen LogP contribution in [0.3, 0.4) is 0 Å². The normalized spacial score (nSPS) is 15.6. The fraction of sp³-hybridized carbons (Fsp3) is 0.364. The van der Waals surface area contributed by atoms with Crippen LogP contribution in [0.5, 0.6) is 11.5 Å². The predicted molar refractivity (Wildman–Crippen MR) is 119 cm³/mol. The molecule has 4 heterocycles. The second kappa shape index (κ2) is 7.94. The fourth-order valence-electron chi connectivity index (χ4n) is 4.62. The highest BCUT2D eigenvalue weighted by atomic mass is 35.5. The van der Waals surface area contributed by atoms with Crippen LogP contribution >= 0.6 is 12.4 Å². The van der Waals surface area contributed by atoms with Crippen LogP contribution in [0.1, 0.15) is 34.5 Å². The van der Waals surface area contributed by atoms with E-state index in [1.54, 1.807) is 0 Å². The molecule has 31 heavy (non-hydrogen) atoms. The number of pyridine rings is 1. The van der Waals surface area contributed by atoms with Gasteiger partial charge in [0.15, 0.2) is 5.56 Å². The monoisotopic (exact) mass is 445 g/mol. The number of H-pyrrole nitrogens is 1. The first-order chi connectivity index (χ1) is 14.4. The minimum Gasteiger partial charge on any atom is -0.506 e. The number of halogens is 1. The maximum absolute atomic E-state index is 12.3. The van der Waals surface area contributed by atoms with E-state index in [2.05, 4.69) is 20.5 Å². The second-order valence-electron chi connectivity index (χ2n) is 8.02. The number of hydrogen-bond donors (Lipinski definition) is 3. The number of carbonyl (C=O) groups is 1. The number of fused-ring (bicyclic) bond motifs is 4. The maximum Gasteiger partial charge on any atom is 0.345 e. The molecule has 2 aromatic heterocycles. The molecule has 0 saturated carbocycles. The van der Waals surface area contributed by atoms with E-state index in [-0.39, 0.29) is 19.0 Å². The fourth-order valence-corrected chi connectivity index (χ4v) is 4.62. The number of carboxylic acids is 1. The molecule has 3 aromatic rings. The van der Waals surface area contributed by atoms with Gasteiger partial charge < -0.3 is 24.5 Å². The summed E-state index contributed by atoms with van der Waals surface area (Å²) >= 11 is 0. The third-order valence-corrected chi connectivity index (χ3v) is 6.21. The molecule has 0 spiro atoms. The molecule has 0 radical (unpaired) electrons. The van der Waals surface area contributed by atoms with Crippen molar-refractivity contribution in [2.45, 2.75) is 25.8 Å². The van der Waals surface area contributed by atoms with Crippen molar-refractivity contribution >= 4 is 29.3 Å². The first-order valence-corrected chi connectivity index (χ1v) is 10.1. The number of aryl methyl sites for hydroxylation is 1. The van der Waals surface area contributed by atoms with Gasteiger partial charge in [-0.25, -0.2) is 4.79 Å². The van der Waals surface area contributed by atoms with Crippen LogP contribution < -0.4 is 10.3 Å². The third kappa shape index (κ3) is 3.45. The molecule has 0 amide bonds. The van der Waals surface area contributed by atoms with Gasteiger partial charge in [-0.05, 0) is 38.1 Å². The topological polar surface area (TPSA) is 108 Å². The summed E-state index contributed by atoms with van der Waals surface area (Å²) in [6.07, 6.45) is 2.76. The van der Waals surface area contributed by atoms with E-state index in [4.69, 9.17) is 4.74 Å². The van der Waals surface area contributed by atoms with Gasteiger partial charge in [-0.3, -0.25) is 9.69 Å². The maximum atomic E-state index is 12.3. The molecular formula is C22H24ClN3O5. The molecule has 0 aliphatic carbocycles. The number of benzene rings is 1. The van der Waals surface area contributed by atoms with Crippen LogP contribution in [0.2, 0.25) is 0 Å². The van der Waals surface area contributed by atoms with E-state index in [1.165, 1.54) is 18.5 Å². The second-order valence-corrected chi connectivity index (χ2v) is 8.02. The number of nitrogens with one attached hydrogen (secondary N) is 1. The van der Waals surface area contributed by atoms with E-state index in [0.717, 1.165) is 30.5 Å². The Hall–Kier alpha value is -2.97. The lowest BCUT2D eigenvalue weighted by Gasteiger charge is -2.15. The first kappa shape index (κ1) is 21.3. The van der Waals surface area contributed by atoms with Crippen molar-refractivity contribution in [3.05, 3.63) is 45.4 Å². The Balaban J connectivity index is 0.00000231. The van der Waals surface area contributed by atoms with E-state index in [0.29, 0.717) is 29.0 Å². The molecule has 3 N–H and O–H groups in total. The summed E-state index contributed by atoms with van der Waals surface area (Å²) in [5, 5.41) is 20.8. The molecule has 2 aliphatic rings. The molecule has 0 bridgehead atoms. The number of aromatic hydroxyl groups is 1. The Morgan fingerprint density at radius 2 is 1.97 bits per heavy atom. The Bertz CT molecular complexity index is 1240. The minimum absolute atomic E-state index is 0. The van der Waals surface area contributed by atoms with Gasteiger partial charge in [0.2, 0.25) is 0 Å². The molecule has 8 nitrogen and oxygen atoms in total. The van der Waals surface area contributed by atoms with Crippen molar-refractivity contribution < 1.29 is 19.7 Å². The van der Waals surface area contributed by atoms with Crippen molar-refractivity contribution in [3.63, 3.8) is 0 Å². The molecule has 0 unspecified atom stereocenters. The number of likely N-dealkylation sites (tertiary alicyclic amines) is 1. The van der Waals surface area contributed by atoms with E-state index in [9.17, 15) is 19.8 Å². The summed E-state index contributed by atoms with van der Waals surface area (Å²) in [4.78, 5) is 28.8. The average Bonchev–Trinajstić information content (AvgIpc) is 3.26. The molecule has 1 fully saturated rings. The average molecular weight is 446 g/mol. The Morgan fingerprint density at radius 3 is 2.68 bits per heavy atom. The number of nitrogens with zero attached hydrogens (tertiary/aromatic N) is 2. The van der Waals surface area contributed by atoms with Gasteiger partial charge in [-0.2, -0.15) is 0 Å². The Morgan fingerprint density at radius 1 is 1.23 bits per heavy atom. The van der Waals surface area contributed by atoms with E-state index in [1.807, 2.05) is 19.2 Å². The van der Waals surface area contributed by atoms with Gasteiger partial charge in [0.1, 0.15) is 11.5 Å². The summed E-state index contributed by atoms with van der Waals surface area (Å²) in [7, 11) is 2.04. The first-order valence-electron chi connectivity index (χ1n) is 10.1. The van der Waals surface area contributed by atoms with Gasteiger partial charge >= 0.3 is 5.97 Å². The predicted octanol–water partition coefficient (Wildman–Crippen LogP) is 2.89. The zero-order valence-corrected chi connectivity index (χ0v) is 17.9. The summed E-state index contributed by atoms with van der Waals surface area (Å²) < 4.78 is 8.09. The quantitative estimate of drug-likeness (QED) is 0.572. The highest BCUT2D eigenvalue weighted by Gasteiger charge is 2.27. The van der Waals surface area contributed by atoms with Gasteiger partial charge in [-0.15, -0.1) is 12.4 Å². The van der Waals surface area contributed by atoms with Crippen molar-refractivity contribution in [3.8, 4) is 22.8 Å². The van der Waals surface area contributed by atoms with Crippen molar-refractivity contribution in [1.82, 2.24) is 14.5 Å². The molecular weight excluding hydrogens is 422 g/mol. The van der Waals surface area contributed by atoms with E-state index >= 15 is 0 Å². The van der Waals surface area contributed by atoms with Gasteiger partial charge in [-0.1, -0.05) is 0 Å². The van der Waals surface area contributed by atoms with Crippen LogP contribution in [-0.2, 0) is 20.0 Å². The van der Waals surface area contributed by atoms with Crippen LogP contribution in [0.15, 0.2) is 23.0 Å². The molecule has 0 atom stereocenters. The molecule has 9 heteroatoms. The summed E-state index contributed by atoms with van der Waals surface area (Å²) in [5.74, 6) is -1.33. The van der Waals surface area contributed by atoms with Crippen LogP contribution in [-0.4, -0.2) is 50.3 Å². The SMILES string of the molecule is Cl.Cn1c(CN2CCCC2)cc2cc3c(cc21)OCCc1c-3[nH]c(=O)c(C(=O)O)c1O. The molecule has 164 valence electrons. The summed E-state index contributed by atoms with van der Waals surface area (Å²) in [6.45, 7) is 3.38. The van der Waals surface area contributed by atoms with Crippen molar-refractivity contribution in [2.24, 2.45) is 7.05 Å². The Labute approximate surface area is 184 Å². The lowest BCUT2D eigenvalue weighted by Crippen LogP contribution is -2.20. The summed E-state index contributed by atoms with van der Waals surface area (Å²) in [5.41, 5.74) is 2.23. The van der Waals surface area contributed by atoms with Gasteiger partial charge in [0.25, 0.3) is 5.56 Å². The van der Waals surface area contributed by atoms with Gasteiger partial charge in [0.05, 0.1) is 17.8 Å². The number of rotatable bonds is 3. The number of ether oxygens (including phenoxy) is 1. The number of aromatic nitrogens is 2. The third-order valence-electron chi connectivity index (χ3n) is 6.21. The molecule has 2 aliphatic heterocycles. The van der Waals surface area contributed by atoms with Crippen LogP contribution in [0.25, 0.3) is 22.2 Å². The molecule has 5 rings (SSSR count). The van der Waals surface area contributed by atoms with Gasteiger partial charge in [0, 0.05) is 48.3 Å². The van der Waals surface area contributed by atoms with Crippen LogP contribution in [0, 0.1) is 0 Å². The van der Waals surface area contributed by atoms with Crippen molar-refractivity contribution in [2.75, 3.05) is 19.7 Å². The largest absolute Gasteiger partial charge is 0.506 e. The van der Waals surface area contributed by atoms with Crippen LogP contribution in [0.4, 0.5) is 0 Å². The zero-order chi connectivity index (χ0) is 21.0. The number of hydrogen-bond acceptors (Lipinski definition) is 5. The lowest BCUT2D eigenvalue weighted by atomic mass is 9.99. The number of aromatic carboxylic acids is 1. The highest BCUT2D eigenvalue weighted by molar-refractivity contribution is 5.94.